The Hall–Kier alpha value is -2.16. The van der Waals surface area contributed by atoms with E-state index in [4.69, 9.17) is 5.73 Å². The maximum atomic E-state index is 12.7. The normalized spacial score (nSPS) is 9.58. The van der Waals surface area contributed by atoms with E-state index in [1.807, 2.05) is 0 Å². The van der Waals surface area contributed by atoms with Crippen molar-refractivity contribution in [2.24, 2.45) is 5.73 Å². The standard InChI is InChI=1S/C14H11FN2OS/c15-10-3-5-11(6-4-10)17-14(18)13-8-7-12(19-13)2-1-9-16/h3-8H,9,16H2,(H,17,18). The lowest BCUT2D eigenvalue weighted by atomic mass is 10.3. The highest BCUT2D eigenvalue weighted by atomic mass is 32.1. The quantitative estimate of drug-likeness (QED) is 0.826. The van der Waals surface area contributed by atoms with Crippen LogP contribution in [0.5, 0.6) is 0 Å². The lowest BCUT2D eigenvalue weighted by molar-refractivity contribution is 0.103. The fourth-order valence-electron chi connectivity index (χ4n) is 1.39. The Kier molecular flexibility index (Phi) is 4.29. The largest absolute Gasteiger partial charge is 0.321 e. The summed E-state index contributed by atoms with van der Waals surface area (Å²) in [6.07, 6.45) is 0. The minimum Gasteiger partial charge on any atom is -0.321 e. The van der Waals surface area contributed by atoms with E-state index < -0.39 is 0 Å². The molecule has 1 amide bonds. The molecule has 19 heavy (non-hydrogen) atoms. The van der Waals surface area contributed by atoms with Gasteiger partial charge in [-0.25, -0.2) is 4.39 Å². The van der Waals surface area contributed by atoms with Crippen LogP contribution < -0.4 is 11.1 Å². The van der Waals surface area contributed by atoms with Gasteiger partial charge in [-0.1, -0.05) is 11.8 Å². The highest BCUT2D eigenvalue weighted by Gasteiger charge is 2.08. The Morgan fingerprint density at radius 3 is 2.68 bits per heavy atom. The zero-order chi connectivity index (χ0) is 13.7. The zero-order valence-corrected chi connectivity index (χ0v) is 10.8. The van der Waals surface area contributed by atoms with E-state index in [0.717, 1.165) is 4.88 Å². The number of hydrogen-bond acceptors (Lipinski definition) is 3. The minimum absolute atomic E-state index is 0.239. The van der Waals surface area contributed by atoms with Crippen molar-refractivity contribution < 1.29 is 9.18 Å². The molecule has 0 atom stereocenters. The van der Waals surface area contributed by atoms with E-state index in [9.17, 15) is 9.18 Å². The number of carbonyl (C=O) groups is 1. The number of rotatable bonds is 2. The van der Waals surface area contributed by atoms with E-state index >= 15 is 0 Å². The minimum atomic E-state index is -0.339. The molecule has 0 saturated heterocycles. The molecule has 3 nitrogen and oxygen atoms in total. The van der Waals surface area contributed by atoms with Crippen LogP contribution in [-0.2, 0) is 0 Å². The van der Waals surface area contributed by atoms with Gasteiger partial charge in [-0.2, -0.15) is 0 Å². The molecule has 3 N–H and O–H groups in total. The van der Waals surface area contributed by atoms with Gasteiger partial charge in [0, 0.05) is 5.69 Å². The van der Waals surface area contributed by atoms with Gasteiger partial charge in [0.15, 0.2) is 0 Å². The topological polar surface area (TPSA) is 55.1 Å². The van der Waals surface area contributed by atoms with Gasteiger partial charge in [-0.3, -0.25) is 4.79 Å². The molecule has 0 fully saturated rings. The Balaban J connectivity index is 2.07. The zero-order valence-electron chi connectivity index (χ0n) is 9.94. The molecule has 0 spiro atoms. The predicted molar refractivity (Wildman–Crippen MR) is 74.6 cm³/mol. The first-order valence-electron chi connectivity index (χ1n) is 5.55. The second kappa shape index (κ2) is 6.14. The molecule has 0 aliphatic rings. The Morgan fingerprint density at radius 2 is 2.00 bits per heavy atom. The molecule has 0 radical (unpaired) electrons. The van der Waals surface area contributed by atoms with E-state index in [1.54, 1.807) is 12.1 Å². The molecule has 0 bridgehead atoms. The van der Waals surface area contributed by atoms with Crippen LogP contribution in [0.1, 0.15) is 14.5 Å². The molecular weight excluding hydrogens is 263 g/mol. The molecule has 0 saturated carbocycles. The summed E-state index contributed by atoms with van der Waals surface area (Å²) < 4.78 is 12.7. The Bertz CT molecular complexity index is 637. The van der Waals surface area contributed by atoms with Gasteiger partial charge in [0.2, 0.25) is 0 Å². The fraction of sp³-hybridized carbons (Fsp3) is 0.0714. The monoisotopic (exact) mass is 274 g/mol. The van der Waals surface area contributed by atoms with Crippen molar-refractivity contribution in [2.75, 3.05) is 11.9 Å². The number of hydrogen-bond donors (Lipinski definition) is 2. The number of thiophene rings is 1. The van der Waals surface area contributed by atoms with Gasteiger partial charge in [-0.05, 0) is 36.4 Å². The molecule has 0 aliphatic carbocycles. The van der Waals surface area contributed by atoms with Crippen molar-refractivity contribution in [3.8, 4) is 11.8 Å². The van der Waals surface area contributed by atoms with Crippen LogP contribution in [0, 0.1) is 17.7 Å². The summed E-state index contributed by atoms with van der Waals surface area (Å²) in [5.74, 6) is 5.01. The Morgan fingerprint density at radius 1 is 1.26 bits per heavy atom. The second-order valence-corrected chi connectivity index (χ2v) is 4.71. The average molecular weight is 274 g/mol. The van der Waals surface area contributed by atoms with Crippen LogP contribution in [0.3, 0.4) is 0 Å². The summed E-state index contributed by atoms with van der Waals surface area (Å²) >= 11 is 1.29. The van der Waals surface area contributed by atoms with E-state index in [-0.39, 0.29) is 18.3 Å². The van der Waals surface area contributed by atoms with Crippen molar-refractivity contribution in [2.45, 2.75) is 0 Å². The van der Waals surface area contributed by atoms with E-state index in [2.05, 4.69) is 17.2 Å². The Labute approximate surface area is 114 Å². The summed E-state index contributed by atoms with van der Waals surface area (Å²) in [4.78, 5) is 13.3. The van der Waals surface area contributed by atoms with Crippen molar-refractivity contribution in [1.82, 2.24) is 0 Å². The van der Waals surface area contributed by atoms with Gasteiger partial charge in [0.05, 0.1) is 16.3 Å². The van der Waals surface area contributed by atoms with Gasteiger partial charge >= 0.3 is 0 Å². The first-order valence-corrected chi connectivity index (χ1v) is 6.36. The molecule has 2 aromatic rings. The summed E-state index contributed by atoms with van der Waals surface area (Å²) in [7, 11) is 0. The first-order chi connectivity index (χ1) is 9.19. The molecule has 96 valence electrons. The molecule has 1 heterocycles. The smallest absolute Gasteiger partial charge is 0.265 e. The first kappa shape index (κ1) is 13.3. The third-order valence-electron chi connectivity index (χ3n) is 2.25. The average Bonchev–Trinajstić information content (AvgIpc) is 2.88. The van der Waals surface area contributed by atoms with E-state index in [1.165, 1.54) is 35.6 Å². The number of benzene rings is 1. The lowest BCUT2D eigenvalue weighted by Crippen LogP contribution is -2.09. The fourth-order valence-corrected chi connectivity index (χ4v) is 2.17. The van der Waals surface area contributed by atoms with Crippen LogP contribution in [0.2, 0.25) is 0 Å². The second-order valence-electron chi connectivity index (χ2n) is 3.63. The molecule has 5 heteroatoms. The maximum Gasteiger partial charge on any atom is 0.265 e. The summed E-state index contributed by atoms with van der Waals surface area (Å²) in [5, 5.41) is 2.69. The molecule has 1 aromatic carbocycles. The summed E-state index contributed by atoms with van der Waals surface area (Å²) in [6.45, 7) is 0.287. The summed E-state index contributed by atoms with van der Waals surface area (Å²) in [6, 6.07) is 9.08. The van der Waals surface area contributed by atoms with Crippen LogP contribution in [0.15, 0.2) is 36.4 Å². The third kappa shape index (κ3) is 3.65. The van der Waals surface area contributed by atoms with Crippen molar-refractivity contribution in [3.63, 3.8) is 0 Å². The highest BCUT2D eigenvalue weighted by molar-refractivity contribution is 7.14. The van der Waals surface area contributed by atoms with E-state index in [0.29, 0.717) is 10.6 Å². The molecule has 0 aliphatic heterocycles. The number of amides is 1. The molecule has 2 rings (SSSR count). The van der Waals surface area contributed by atoms with Gasteiger partial charge in [0.1, 0.15) is 5.82 Å². The van der Waals surface area contributed by atoms with Crippen LogP contribution >= 0.6 is 11.3 Å². The van der Waals surface area contributed by atoms with Crippen molar-refractivity contribution in [1.29, 1.82) is 0 Å². The number of nitrogens with two attached hydrogens (primary N) is 1. The van der Waals surface area contributed by atoms with Gasteiger partial charge in [-0.15, -0.1) is 11.3 Å². The number of halogens is 1. The van der Waals surface area contributed by atoms with Crippen LogP contribution in [0.25, 0.3) is 0 Å². The van der Waals surface area contributed by atoms with Crippen molar-refractivity contribution >= 4 is 22.9 Å². The van der Waals surface area contributed by atoms with Crippen molar-refractivity contribution in [3.05, 3.63) is 52.0 Å². The van der Waals surface area contributed by atoms with Crippen LogP contribution in [-0.4, -0.2) is 12.5 Å². The van der Waals surface area contributed by atoms with Crippen LogP contribution in [0.4, 0.5) is 10.1 Å². The highest BCUT2D eigenvalue weighted by Crippen LogP contribution is 2.17. The predicted octanol–water partition coefficient (Wildman–Crippen LogP) is 2.45. The number of carbonyl (C=O) groups excluding carboxylic acids is 1. The van der Waals surface area contributed by atoms with Gasteiger partial charge < -0.3 is 11.1 Å². The molecule has 1 aromatic heterocycles. The third-order valence-corrected chi connectivity index (χ3v) is 3.24. The molecule has 0 unspecified atom stereocenters. The summed E-state index contributed by atoms with van der Waals surface area (Å²) in [5.41, 5.74) is 5.83. The van der Waals surface area contributed by atoms with Gasteiger partial charge in [0.25, 0.3) is 5.91 Å². The number of nitrogens with one attached hydrogen (secondary N) is 1. The SMILES string of the molecule is NCC#Cc1ccc(C(=O)Nc2ccc(F)cc2)s1. The maximum absolute atomic E-state index is 12.7. The number of anilines is 1. The lowest BCUT2D eigenvalue weighted by Gasteiger charge is -2.02. The molecular formula is C14H11FN2OS.